The first-order valence-electron chi connectivity index (χ1n) is 11.3. The maximum Gasteiger partial charge on any atom is 0.381 e. The number of nitrogens with zero attached hydrogens (tertiary/aromatic N) is 4. The number of carbonyl (C=O) groups excluding carboxylic acids is 2. The number of amides is 1. The predicted molar refractivity (Wildman–Crippen MR) is 120 cm³/mol. The first-order valence-corrected chi connectivity index (χ1v) is 11.3. The van der Waals surface area contributed by atoms with Crippen LogP contribution >= 0.6 is 0 Å². The maximum atomic E-state index is 13.7. The average molecular weight is 477 g/mol. The number of likely N-dealkylation sites (tertiary alicyclic amines) is 1. The quantitative estimate of drug-likeness (QED) is 0.210. The lowest BCUT2D eigenvalue weighted by Gasteiger charge is -2.27. The summed E-state index contributed by atoms with van der Waals surface area (Å²) in [4.78, 5) is 41.8. The molecular formula is C23H29FN4O6. The number of hydrogen-bond acceptors (Lipinski definition) is 7. The first-order chi connectivity index (χ1) is 16.3. The topological polar surface area (TPSA) is 117 Å². The lowest BCUT2D eigenvalue weighted by Crippen LogP contribution is -2.44. The fourth-order valence-corrected chi connectivity index (χ4v) is 4.14. The molecule has 1 aromatic heterocycles. The minimum Gasteiger partial charge on any atom is -0.488 e. The van der Waals surface area contributed by atoms with Crippen molar-refractivity contribution >= 4 is 17.7 Å². The van der Waals surface area contributed by atoms with Crippen LogP contribution in [0.15, 0.2) is 36.8 Å². The van der Waals surface area contributed by atoms with Crippen molar-refractivity contribution in [2.45, 2.75) is 63.6 Å². The van der Waals surface area contributed by atoms with Gasteiger partial charge < -0.3 is 24.5 Å². The highest BCUT2D eigenvalue weighted by atomic mass is 19.1. The van der Waals surface area contributed by atoms with E-state index in [-0.39, 0.29) is 24.7 Å². The second-order valence-electron chi connectivity index (χ2n) is 8.26. The third-order valence-electron chi connectivity index (χ3n) is 5.89. The molecule has 1 fully saturated rings. The minimum absolute atomic E-state index is 0.123. The lowest BCUT2D eigenvalue weighted by molar-refractivity contribution is -0.389. The Bertz CT molecular complexity index is 996. The summed E-state index contributed by atoms with van der Waals surface area (Å²) in [5.41, 5.74) is 0. The molecular weight excluding hydrogens is 447 g/mol. The Morgan fingerprint density at radius 1 is 1.26 bits per heavy atom. The molecule has 1 aromatic carbocycles. The molecule has 1 amide bonds. The molecule has 184 valence electrons. The number of carbonyl (C=O) groups is 2. The number of rotatable bonds is 11. The van der Waals surface area contributed by atoms with Crippen molar-refractivity contribution < 1.29 is 28.4 Å². The highest BCUT2D eigenvalue weighted by Crippen LogP contribution is 2.29. The van der Waals surface area contributed by atoms with Gasteiger partial charge in [-0.3, -0.25) is 9.36 Å². The third-order valence-corrected chi connectivity index (χ3v) is 5.89. The van der Waals surface area contributed by atoms with Gasteiger partial charge in [0.25, 0.3) is 0 Å². The van der Waals surface area contributed by atoms with Gasteiger partial charge in [-0.05, 0) is 40.6 Å². The van der Waals surface area contributed by atoms with Gasteiger partial charge >= 0.3 is 11.8 Å². The lowest BCUT2D eigenvalue weighted by atomic mass is 10.1. The molecule has 0 N–H and O–H groups in total. The number of hydrogen-bond donors (Lipinski definition) is 0. The summed E-state index contributed by atoms with van der Waals surface area (Å²) >= 11 is 0. The van der Waals surface area contributed by atoms with Gasteiger partial charge in [0, 0.05) is 6.42 Å². The van der Waals surface area contributed by atoms with Crippen LogP contribution < -0.4 is 4.74 Å². The van der Waals surface area contributed by atoms with E-state index < -0.39 is 34.9 Å². The molecule has 1 aliphatic rings. The third kappa shape index (κ3) is 6.09. The van der Waals surface area contributed by atoms with E-state index in [9.17, 15) is 24.1 Å². The van der Waals surface area contributed by atoms with Crippen LogP contribution in [0.5, 0.6) is 5.75 Å². The van der Waals surface area contributed by atoms with Crippen LogP contribution in [-0.2, 0) is 14.3 Å². The normalized spacial score (nSPS) is 18.5. The first kappa shape index (κ1) is 25.1. The highest BCUT2D eigenvalue weighted by Gasteiger charge is 2.44. The van der Waals surface area contributed by atoms with Crippen LogP contribution in [0.2, 0.25) is 0 Å². The molecule has 0 radical (unpaired) electrons. The molecule has 3 rings (SSSR count). The van der Waals surface area contributed by atoms with Crippen molar-refractivity contribution in [3.05, 3.63) is 52.7 Å². The summed E-state index contributed by atoms with van der Waals surface area (Å²) in [5.74, 6) is -1.26. The van der Waals surface area contributed by atoms with E-state index in [0.717, 1.165) is 25.7 Å². The van der Waals surface area contributed by atoms with E-state index in [1.54, 1.807) is 0 Å². The minimum atomic E-state index is -0.861. The molecule has 10 nitrogen and oxygen atoms in total. The largest absolute Gasteiger partial charge is 0.488 e. The highest BCUT2D eigenvalue weighted by molar-refractivity contribution is 5.87. The van der Waals surface area contributed by atoms with E-state index in [1.807, 2.05) is 0 Å². The molecule has 0 saturated carbocycles. The van der Waals surface area contributed by atoms with Crippen LogP contribution in [-0.4, -0.2) is 57.1 Å². The second-order valence-corrected chi connectivity index (χ2v) is 8.26. The number of halogens is 1. The summed E-state index contributed by atoms with van der Waals surface area (Å²) in [6.45, 7) is 2.20. The van der Waals surface area contributed by atoms with Crippen LogP contribution in [0, 0.1) is 15.9 Å². The van der Waals surface area contributed by atoms with Crippen molar-refractivity contribution in [2.75, 3.05) is 13.7 Å². The Morgan fingerprint density at radius 2 is 2.00 bits per heavy atom. The molecule has 0 aliphatic carbocycles. The SMILES string of the molecule is CCCCCC[C@H](C(=O)N1C[C@@H](Oc2ccc(F)cc2)C[C@H]1C(=O)OC)n1cnc([N+](=O)[O-])c1. The van der Waals surface area contributed by atoms with Gasteiger partial charge in [0.15, 0.2) is 0 Å². The fraction of sp³-hybridized carbons (Fsp3) is 0.522. The molecule has 0 unspecified atom stereocenters. The van der Waals surface area contributed by atoms with E-state index in [0.29, 0.717) is 12.2 Å². The van der Waals surface area contributed by atoms with Gasteiger partial charge in [0.05, 0.1) is 13.7 Å². The van der Waals surface area contributed by atoms with Crippen molar-refractivity contribution in [1.82, 2.24) is 14.5 Å². The number of benzene rings is 1. The molecule has 0 bridgehead atoms. The smallest absolute Gasteiger partial charge is 0.381 e. The molecule has 2 heterocycles. The molecule has 2 aromatic rings. The molecule has 3 atom stereocenters. The number of unbranched alkanes of at least 4 members (excludes halogenated alkanes) is 3. The van der Waals surface area contributed by atoms with Crippen molar-refractivity contribution in [1.29, 1.82) is 0 Å². The van der Waals surface area contributed by atoms with E-state index >= 15 is 0 Å². The zero-order chi connectivity index (χ0) is 24.7. The maximum absolute atomic E-state index is 13.7. The summed E-state index contributed by atoms with van der Waals surface area (Å²) in [6, 6.07) is 3.88. The van der Waals surface area contributed by atoms with Gasteiger partial charge in [-0.1, -0.05) is 32.6 Å². The zero-order valence-corrected chi connectivity index (χ0v) is 19.3. The van der Waals surface area contributed by atoms with Crippen LogP contribution in [0.1, 0.15) is 51.5 Å². The van der Waals surface area contributed by atoms with Gasteiger partial charge in [-0.15, -0.1) is 0 Å². The van der Waals surface area contributed by atoms with Crippen LogP contribution in [0.3, 0.4) is 0 Å². The molecule has 1 aliphatic heterocycles. The molecule has 11 heteroatoms. The van der Waals surface area contributed by atoms with E-state index in [4.69, 9.17) is 9.47 Å². The second kappa shape index (κ2) is 11.6. The van der Waals surface area contributed by atoms with Crippen molar-refractivity contribution in [2.24, 2.45) is 0 Å². The van der Waals surface area contributed by atoms with Gasteiger partial charge in [0.2, 0.25) is 12.2 Å². The fourth-order valence-electron chi connectivity index (χ4n) is 4.14. The van der Waals surface area contributed by atoms with Crippen LogP contribution in [0.4, 0.5) is 10.2 Å². The van der Waals surface area contributed by atoms with E-state index in [1.165, 1.54) is 53.4 Å². The average Bonchev–Trinajstić information content (AvgIpc) is 3.48. The molecule has 34 heavy (non-hydrogen) atoms. The van der Waals surface area contributed by atoms with Crippen molar-refractivity contribution in [3.8, 4) is 5.75 Å². The van der Waals surface area contributed by atoms with Crippen LogP contribution in [0.25, 0.3) is 0 Å². The number of esters is 1. The molecule has 1 saturated heterocycles. The summed E-state index contributed by atoms with van der Waals surface area (Å²) in [7, 11) is 1.25. The number of methoxy groups -OCH3 is 1. The standard InChI is InChI=1S/C23H29FN4O6/c1-3-4-5-6-7-19(26-14-21(25-15-26)28(31)32)22(29)27-13-18(12-20(27)23(30)33-2)34-17-10-8-16(24)9-11-17/h8-11,14-15,18-20H,3-7,12-13H2,1-2H3/t18-,19+,20-/m0/s1. The number of nitro groups is 1. The Morgan fingerprint density at radius 3 is 2.62 bits per heavy atom. The number of aromatic nitrogens is 2. The van der Waals surface area contributed by atoms with Gasteiger partial charge in [0.1, 0.15) is 36.0 Å². The van der Waals surface area contributed by atoms with Gasteiger partial charge in [-0.2, -0.15) is 0 Å². The Balaban J connectivity index is 1.82. The Labute approximate surface area is 196 Å². The predicted octanol–water partition coefficient (Wildman–Crippen LogP) is 3.66. The number of imidazole rings is 1. The van der Waals surface area contributed by atoms with Crippen molar-refractivity contribution in [3.63, 3.8) is 0 Å². The zero-order valence-electron chi connectivity index (χ0n) is 19.3. The Kier molecular flexibility index (Phi) is 8.55. The molecule has 0 spiro atoms. The van der Waals surface area contributed by atoms with E-state index in [2.05, 4.69) is 11.9 Å². The summed E-state index contributed by atoms with van der Waals surface area (Å²) in [6.07, 6.45) is 6.34. The monoisotopic (exact) mass is 476 g/mol. The Hall–Kier alpha value is -3.50. The van der Waals surface area contributed by atoms with Gasteiger partial charge in [-0.25, -0.2) is 9.18 Å². The number of ether oxygens (including phenoxy) is 2. The summed E-state index contributed by atoms with van der Waals surface area (Å²) in [5, 5.41) is 11.1. The summed E-state index contributed by atoms with van der Waals surface area (Å²) < 4.78 is 25.5.